The Bertz CT molecular complexity index is 902. The Morgan fingerprint density at radius 2 is 1.90 bits per heavy atom. The van der Waals surface area contributed by atoms with Crippen LogP contribution in [-0.2, 0) is 16.1 Å². The lowest BCUT2D eigenvalue weighted by Crippen LogP contribution is -2.52. The first-order chi connectivity index (χ1) is 14.0. The zero-order valence-corrected chi connectivity index (χ0v) is 16.6. The van der Waals surface area contributed by atoms with Gasteiger partial charge in [-0.3, -0.25) is 19.7 Å². The third-order valence-electron chi connectivity index (χ3n) is 7.26. The van der Waals surface area contributed by atoms with Crippen LogP contribution in [0.5, 0.6) is 0 Å². The third-order valence-corrected chi connectivity index (χ3v) is 7.26. The van der Waals surface area contributed by atoms with Crippen molar-refractivity contribution in [2.75, 3.05) is 13.1 Å². The molecule has 6 nitrogen and oxygen atoms in total. The molecule has 2 N–H and O–H groups in total. The monoisotopic (exact) mass is 393 g/mol. The molecule has 152 valence electrons. The van der Waals surface area contributed by atoms with E-state index in [1.165, 1.54) is 24.8 Å². The Morgan fingerprint density at radius 3 is 2.62 bits per heavy atom. The van der Waals surface area contributed by atoms with E-state index in [0.29, 0.717) is 23.9 Å². The van der Waals surface area contributed by atoms with Crippen LogP contribution >= 0.6 is 0 Å². The summed E-state index contributed by atoms with van der Waals surface area (Å²) in [4.78, 5) is 38.3. The van der Waals surface area contributed by atoms with E-state index in [4.69, 9.17) is 0 Å². The van der Waals surface area contributed by atoms with Crippen molar-refractivity contribution in [3.8, 4) is 0 Å². The van der Waals surface area contributed by atoms with Crippen molar-refractivity contribution in [2.45, 2.75) is 57.5 Å². The van der Waals surface area contributed by atoms with Gasteiger partial charge in [-0.2, -0.15) is 0 Å². The van der Waals surface area contributed by atoms with Crippen LogP contribution in [-0.4, -0.2) is 41.8 Å². The van der Waals surface area contributed by atoms with E-state index in [-0.39, 0.29) is 24.1 Å². The van der Waals surface area contributed by atoms with E-state index in [2.05, 4.69) is 22.8 Å². The predicted molar refractivity (Wildman–Crippen MR) is 109 cm³/mol. The summed E-state index contributed by atoms with van der Waals surface area (Å²) >= 11 is 0. The normalized spacial score (nSPS) is 29.4. The van der Waals surface area contributed by atoms with Crippen LogP contribution in [0, 0.1) is 5.41 Å². The highest BCUT2D eigenvalue weighted by Crippen LogP contribution is 2.43. The molecule has 3 aliphatic heterocycles. The second-order valence-corrected chi connectivity index (χ2v) is 9.00. The molecule has 1 atom stereocenters. The second-order valence-electron chi connectivity index (χ2n) is 9.00. The van der Waals surface area contributed by atoms with Gasteiger partial charge in [0.15, 0.2) is 0 Å². The molecule has 6 heteroatoms. The van der Waals surface area contributed by atoms with Gasteiger partial charge in [0.1, 0.15) is 6.04 Å². The summed E-state index contributed by atoms with van der Waals surface area (Å²) in [6.45, 7) is 2.73. The van der Waals surface area contributed by atoms with Gasteiger partial charge in [0.05, 0.1) is 0 Å². The predicted octanol–water partition coefficient (Wildman–Crippen LogP) is 2.38. The quantitative estimate of drug-likeness (QED) is 0.757. The SMILES string of the molecule is O=C1CCC(N2Cc3c(C=C4CCC5(CCNC5)CC4)cccc3C2=O)C(=O)N1. The average Bonchev–Trinajstić information content (AvgIpc) is 3.30. The highest BCUT2D eigenvalue weighted by molar-refractivity contribution is 6.05. The largest absolute Gasteiger partial charge is 0.322 e. The molecule has 3 amide bonds. The number of hydrogen-bond donors (Lipinski definition) is 2. The minimum atomic E-state index is -0.558. The lowest BCUT2D eigenvalue weighted by Gasteiger charge is -2.33. The molecule has 0 aromatic heterocycles. The van der Waals surface area contributed by atoms with Crippen molar-refractivity contribution in [1.29, 1.82) is 0 Å². The maximum Gasteiger partial charge on any atom is 0.255 e. The van der Waals surface area contributed by atoms with Gasteiger partial charge >= 0.3 is 0 Å². The van der Waals surface area contributed by atoms with Crippen LogP contribution in [0.1, 0.15) is 66.4 Å². The van der Waals surface area contributed by atoms with Crippen molar-refractivity contribution >= 4 is 23.8 Å². The van der Waals surface area contributed by atoms with Crippen molar-refractivity contribution in [3.63, 3.8) is 0 Å². The van der Waals surface area contributed by atoms with Gasteiger partial charge in [-0.25, -0.2) is 0 Å². The number of rotatable bonds is 2. The molecular weight excluding hydrogens is 366 g/mol. The Morgan fingerprint density at radius 1 is 1.07 bits per heavy atom. The van der Waals surface area contributed by atoms with E-state index in [1.54, 1.807) is 4.90 Å². The summed E-state index contributed by atoms with van der Waals surface area (Å²) in [5.41, 5.74) is 4.76. The lowest BCUT2D eigenvalue weighted by atomic mass is 9.71. The molecule has 1 spiro atoms. The number of amides is 3. The number of benzene rings is 1. The highest BCUT2D eigenvalue weighted by atomic mass is 16.2. The number of nitrogens with zero attached hydrogens (tertiary/aromatic N) is 1. The maximum atomic E-state index is 13.0. The first kappa shape index (κ1) is 18.6. The van der Waals surface area contributed by atoms with Gasteiger partial charge < -0.3 is 10.2 Å². The van der Waals surface area contributed by atoms with Gasteiger partial charge in [0.25, 0.3) is 5.91 Å². The van der Waals surface area contributed by atoms with Gasteiger partial charge in [0.2, 0.25) is 11.8 Å². The first-order valence-electron chi connectivity index (χ1n) is 10.7. The van der Waals surface area contributed by atoms with Crippen LogP contribution in [0.15, 0.2) is 23.8 Å². The molecule has 5 rings (SSSR count). The molecule has 0 radical (unpaired) electrons. The minimum Gasteiger partial charge on any atom is -0.322 e. The molecular formula is C23H27N3O3. The number of carbonyl (C=O) groups excluding carboxylic acids is 3. The third kappa shape index (κ3) is 3.29. The number of hydrogen-bond acceptors (Lipinski definition) is 4. The fourth-order valence-corrected chi connectivity index (χ4v) is 5.43. The Balaban J connectivity index is 1.36. The van der Waals surface area contributed by atoms with Crippen LogP contribution in [0.2, 0.25) is 0 Å². The number of allylic oxidation sites excluding steroid dienone is 1. The number of nitrogens with one attached hydrogen (secondary N) is 2. The summed E-state index contributed by atoms with van der Waals surface area (Å²) in [6, 6.07) is 5.31. The van der Waals surface area contributed by atoms with Crippen LogP contribution in [0.3, 0.4) is 0 Å². The molecule has 0 bridgehead atoms. The smallest absolute Gasteiger partial charge is 0.255 e. The van der Waals surface area contributed by atoms with E-state index in [9.17, 15) is 14.4 Å². The maximum absolute atomic E-state index is 13.0. The summed E-state index contributed by atoms with van der Waals surface area (Å²) in [5, 5.41) is 5.88. The first-order valence-corrected chi connectivity index (χ1v) is 10.7. The average molecular weight is 393 g/mol. The van der Waals surface area contributed by atoms with Gasteiger partial charge in [-0.1, -0.05) is 23.8 Å². The summed E-state index contributed by atoms with van der Waals surface area (Å²) < 4.78 is 0. The molecule has 2 saturated heterocycles. The van der Waals surface area contributed by atoms with Crippen LogP contribution < -0.4 is 10.6 Å². The standard InChI is InChI=1S/C23H27N3O3/c27-20-5-4-19(21(28)25-20)26-13-18-16(2-1-3-17(18)22(26)29)12-15-6-8-23(9-7-15)10-11-24-14-23/h1-3,12,19,24H,4-11,13-14H2,(H,25,27,28). The van der Waals surface area contributed by atoms with Crippen molar-refractivity contribution in [2.24, 2.45) is 5.41 Å². The van der Waals surface area contributed by atoms with E-state index < -0.39 is 6.04 Å². The molecule has 29 heavy (non-hydrogen) atoms. The minimum absolute atomic E-state index is 0.102. The Kier molecular flexibility index (Phi) is 4.54. The molecule has 1 aromatic rings. The Hall–Kier alpha value is -2.47. The van der Waals surface area contributed by atoms with Crippen molar-refractivity contribution in [3.05, 3.63) is 40.5 Å². The summed E-state index contributed by atoms with van der Waals surface area (Å²) in [6.07, 6.45) is 8.96. The Labute approximate surface area is 170 Å². The van der Waals surface area contributed by atoms with Crippen molar-refractivity contribution in [1.82, 2.24) is 15.5 Å². The number of piperidine rings is 1. The molecule has 1 aliphatic carbocycles. The zero-order valence-electron chi connectivity index (χ0n) is 16.6. The highest BCUT2D eigenvalue weighted by Gasteiger charge is 2.40. The second kappa shape index (κ2) is 7.10. The molecule has 1 aromatic carbocycles. The zero-order chi connectivity index (χ0) is 20.0. The lowest BCUT2D eigenvalue weighted by molar-refractivity contribution is -0.136. The summed E-state index contributed by atoms with van der Waals surface area (Å²) in [7, 11) is 0. The topological polar surface area (TPSA) is 78.5 Å². The number of fused-ring (bicyclic) bond motifs is 1. The van der Waals surface area contributed by atoms with Crippen LogP contribution in [0.25, 0.3) is 6.08 Å². The van der Waals surface area contributed by atoms with E-state index in [1.807, 2.05) is 12.1 Å². The molecule has 4 aliphatic rings. The van der Waals surface area contributed by atoms with E-state index in [0.717, 1.165) is 37.1 Å². The molecule has 3 fully saturated rings. The number of carbonyl (C=O) groups is 3. The van der Waals surface area contributed by atoms with Crippen LogP contribution in [0.4, 0.5) is 0 Å². The number of imide groups is 1. The fraction of sp³-hybridized carbons (Fsp3) is 0.522. The van der Waals surface area contributed by atoms with Gasteiger partial charge in [-0.15, -0.1) is 0 Å². The molecule has 1 saturated carbocycles. The van der Waals surface area contributed by atoms with Gasteiger partial charge in [0, 0.05) is 25.1 Å². The van der Waals surface area contributed by atoms with Gasteiger partial charge in [-0.05, 0) is 67.7 Å². The summed E-state index contributed by atoms with van der Waals surface area (Å²) in [5.74, 6) is -0.715. The van der Waals surface area contributed by atoms with Crippen molar-refractivity contribution < 1.29 is 14.4 Å². The molecule has 3 heterocycles. The van der Waals surface area contributed by atoms with E-state index >= 15 is 0 Å². The molecule has 1 unspecified atom stereocenters. The fourth-order valence-electron chi connectivity index (χ4n) is 5.43.